The minimum absolute atomic E-state index is 0.00776. The van der Waals surface area contributed by atoms with Gasteiger partial charge in [0, 0.05) is 37.5 Å². The lowest BCUT2D eigenvalue weighted by molar-refractivity contribution is 0.182. The highest BCUT2D eigenvalue weighted by atomic mass is 16.5. The SMILES string of the molecule is Cc1cc([C@H]2CCCN2C(=O)NCCCn2c(C)cccc2=O)on1. The van der Waals surface area contributed by atoms with Crippen molar-refractivity contribution in [1.29, 1.82) is 0 Å². The molecule has 0 bridgehead atoms. The van der Waals surface area contributed by atoms with Gasteiger partial charge in [0.25, 0.3) is 5.56 Å². The van der Waals surface area contributed by atoms with Crippen molar-refractivity contribution >= 4 is 6.03 Å². The molecule has 2 aromatic rings. The van der Waals surface area contributed by atoms with Crippen molar-refractivity contribution in [3.63, 3.8) is 0 Å². The molecular weight excluding hydrogens is 320 g/mol. The van der Waals surface area contributed by atoms with Crippen LogP contribution in [0.3, 0.4) is 0 Å². The van der Waals surface area contributed by atoms with Crippen molar-refractivity contribution in [2.75, 3.05) is 13.1 Å². The summed E-state index contributed by atoms with van der Waals surface area (Å²) in [5, 5.41) is 6.86. The molecule has 1 aliphatic rings. The number of amides is 2. The zero-order valence-electron chi connectivity index (χ0n) is 14.7. The van der Waals surface area contributed by atoms with Crippen LogP contribution in [0.4, 0.5) is 4.79 Å². The summed E-state index contributed by atoms with van der Waals surface area (Å²) in [6.45, 7) is 5.62. The molecule has 3 heterocycles. The smallest absolute Gasteiger partial charge is 0.318 e. The number of rotatable bonds is 5. The maximum atomic E-state index is 12.5. The molecule has 3 rings (SSSR count). The van der Waals surface area contributed by atoms with Gasteiger partial charge in [-0.05, 0) is 39.2 Å². The van der Waals surface area contributed by atoms with E-state index in [2.05, 4.69) is 10.5 Å². The number of carbonyl (C=O) groups is 1. The van der Waals surface area contributed by atoms with E-state index >= 15 is 0 Å². The van der Waals surface area contributed by atoms with Gasteiger partial charge in [-0.1, -0.05) is 11.2 Å². The third kappa shape index (κ3) is 3.92. The number of nitrogens with zero attached hydrogens (tertiary/aromatic N) is 3. The minimum atomic E-state index is -0.0892. The Bertz CT molecular complexity index is 796. The summed E-state index contributed by atoms with van der Waals surface area (Å²) in [4.78, 5) is 26.1. The molecule has 1 aliphatic heterocycles. The van der Waals surface area contributed by atoms with Crippen molar-refractivity contribution in [1.82, 2.24) is 19.9 Å². The van der Waals surface area contributed by atoms with Gasteiger partial charge in [0.2, 0.25) is 0 Å². The number of likely N-dealkylation sites (tertiary alicyclic amines) is 1. The third-order valence-corrected chi connectivity index (χ3v) is 4.59. The summed E-state index contributed by atoms with van der Waals surface area (Å²) in [6, 6.07) is 6.98. The second-order valence-electron chi connectivity index (χ2n) is 6.46. The molecule has 1 fully saturated rings. The van der Waals surface area contributed by atoms with Crippen LogP contribution >= 0.6 is 0 Å². The lowest BCUT2D eigenvalue weighted by Crippen LogP contribution is -2.40. The van der Waals surface area contributed by atoms with Crippen LogP contribution in [0.2, 0.25) is 0 Å². The Balaban J connectivity index is 1.51. The van der Waals surface area contributed by atoms with E-state index in [1.807, 2.05) is 26.0 Å². The van der Waals surface area contributed by atoms with E-state index in [0.717, 1.165) is 30.0 Å². The van der Waals surface area contributed by atoms with Gasteiger partial charge < -0.3 is 19.3 Å². The van der Waals surface area contributed by atoms with Crippen LogP contribution in [0.15, 0.2) is 33.6 Å². The summed E-state index contributed by atoms with van der Waals surface area (Å²) in [5.41, 5.74) is 1.75. The zero-order chi connectivity index (χ0) is 17.8. The number of hydrogen-bond donors (Lipinski definition) is 1. The van der Waals surface area contributed by atoms with Crippen molar-refractivity contribution in [3.8, 4) is 0 Å². The molecule has 25 heavy (non-hydrogen) atoms. The zero-order valence-corrected chi connectivity index (χ0v) is 14.7. The lowest BCUT2D eigenvalue weighted by Gasteiger charge is -2.23. The maximum Gasteiger partial charge on any atom is 0.318 e. The monoisotopic (exact) mass is 344 g/mol. The van der Waals surface area contributed by atoms with Crippen LogP contribution in [0.5, 0.6) is 0 Å². The van der Waals surface area contributed by atoms with Gasteiger partial charge in [-0.3, -0.25) is 4.79 Å². The molecule has 7 nitrogen and oxygen atoms in total. The Labute approximate surface area is 146 Å². The largest absolute Gasteiger partial charge is 0.359 e. The number of carbonyl (C=O) groups excluding carboxylic acids is 1. The van der Waals surface area contributed by atoms with Crippen molar-refractivity contribution < 1.29 is 9.32 Å². The van der Waals surface area contributed by atoms with Gasteiger partial charge >= 0.3 is 6.03 Å². The van der Waals surface area contributed by atoms with E-state index in [1.165, 1.54) is 0 Å². The summed E-state index contributed by atoms with van der Waals surface area (Å²) < 4.78 is 7.05. The summed E-state index contributed by atoms with van der Waals surface area (Å²) in [5.74, 6) is 0.747. The van der Waals surface area contributed by atoms with Crippen LogP contribution in [0.1, 0.15) is 42.5 Å². The standard InChI is InChI=1S/C18H24N4O3/c1-13-12-16(25-20-13)15-7-4-10-22(15)18(24)19-9-5-11-21-14(2)6-3-8-17(21)23/h3,6,8,12,15H,4-5,7,9-11H2,1-2H3,(H,19,24)/t15-/m1/s1. The van der Waals surface area contributed by atoms with E-state index in [4.69, 9.17) is 4.52 Å². The van der Waals surface area contributed by atoms with E-state index in [9.17, 15) is 9.59 Å². The molecule has 0 spiro atoms. The Hall–Kier alpha value is -2.57. The summed E-state index contributed by atoms with van der Waals surface area (Å²) >= 11 is 0. The Morgan fingerprint density at radius 2 is 2.24 bits per heavy atom. The lowest BCUT2D eigenvalue weighted by atomic mass is 10.1. The molecule has 0 unspecified atom stereocenters. The molecule has 0 aromatic carbocycles. The number of nitrogens with one attached hydrogen (secondary N) is 1. The molecule has 1 N–H and O–H groups in total. The van der Waals surface area contributed by atoms with E-state index in [0.29, 0.717) is 26.1 Å². The van der Waals surface area contributed by atoms with Gasteiger partial charge in [0.05, 0.1) is 11.7 Å². The number of urea groups is 1. The minimum Gasteiger partial charge on any atom is -0.359 e. The molecule has 0 saturated carbocycles. The van der Waals surface area contributed by atoms with Crippen molar-refractivity contribution in [3.05, 3.63) is 51.8 Å². The van der Waals surface area contributed by atoms with E-state index in [-0.39, 0.29) is 17.6 Å². The van der Waals surface area contributed by atoms with Crippen molar-refractivity contribution in [2.24, 2.45) is 0 Å². The quantitative estimate of drug-likeness (QED) is 0.845. The summed E-state index contributed by atoms with van der Waals surface area (Å²) in [7, 11) is 0. The second kappa shape index (κ2) is 7.55. The first kappa shape index (κ1) is 17.3. The molecular formula is C18H24N4O3. The molecule has 2 amide bonds. The Morgan fingerprint density at radius 1 is 1.40 bits per heavy atom. The first-order chi connectivity index (χ1) is 12.1. The molecule has 1 atom stereocenters. The molecule has 134 valence electrons. The number of aromatic nitrogens is 2. The van der Waals surface area contributed by atoms with Gasteiger partial charge in [-0.25, -0.2) is 4.79 Å². The maximum absolute atomic E-state index is 12.5. The van der Waals surface area contributed by atoms with Gasteiger partial charge in [-0.2, -0.15) is 0 Å². The predicted molar refractivity (Wildman–Crippen MR) is 93.4 cm³/mol. The van der Waals surface area contributed by atoms with Crippen LogP contribution in [0, 0.1) is 13.8 Å². The highest BCUT2D eigenvalue weighted by Gasteiger charge is 2.32. The topological polar surface area (TPSA) is 80.4 Å². The summed E-state index contributed by atoms with van der Waals surface area (Å²) in [6.07, 6.45) is 2.55. The highest BCUT2D eigenvalue weighted by molar-refractivity contribution is 5.75. The fraction of sp³-hybridized carbons (Fsp3) is 0.500. The number of hydrogen-bond acceptors (Lipinski definition) is 4. The Morgan fingerprint density at radius 3 is 2.96 bits per heavy atom. The van der Waals surface area contributed by atoms with Gasteiger partial charge in [-0.15, -0.1) is 0 Å². The molecule has 1 saturated heterocycles. The fourth-order valence-corrected chi connectivity index (χ4v) is 3.29. The number of pyridine rings is 1. The average molecular weight is 344 g/mol. The van der Waals surface area contributed by atoms with Crippen LogP contribution in [0.25, 0.3) is 0 Å². The van der Waals surface area contributed by atoms with E-state index in [1.54, 1.807) is 21.6 Å². The second-order valence-corrected chi connectivity index (χ2v) is 6.46. The normalized spacial score (nSPS) is 17.0. The molecule has 7 heteroatoms. The third-order valence-electron chi connectivity index (χ3n) is 4.59. The molecule has 0 aliphatic carbocycles. The first-order valence-corrected chi connectivity index (χ1v) is 8.70. The molecule has 0 radical (unpaired) electrons. The van der Waals surface area contributed by atoms with E-state index < -0.39 is 0 Å². The Kier molecular flexibility index (Phi) is 5.21. The molecule has 2 aromatic heterocycles. The predicted octanol–water partition coefficient (Wildman–Crippen LogP) is 2.39. The first-order valence-electron chi connectivity index (χ1n) is 8.70. The van der Waals surface area contributed by atoms with Crippen LogP contribution in [-0.4, -0.2) is 33.7 Å². The van der Waals surface area contributed by atoms with Crippen LogP contribution in [-0.2, 0) is 6.54 Å². The van der Waals surface area contributed by atoms with Crippen LogP contribution < -0.4 is 10.9 Å². The van der Waals surface area contributed by atoms with Crippen molar-refractivity contribution in [2.45, 2.75) is 45.7 Å². The number of aryl methyl sites for hydroxylation is 2. The average Bonchev–Trinajstić information content (AvgIpc) is 3.22. The van der Waals surface area contributed by atoms with Gasteiger partial charge in [0.15, 0.2) is 5.76 Å². The van der Waals surface area contributed by atoms with Gasteiger partial charge in [0.1, 0.15) is 0 Å². The fourth-order valence-electron chi connectivity index (χ4n) is 3.29. The highest BCUT2D eigenvalue weighted by Crippen LogP contribution is 2.32.